The molecule has 4 heteroatoms. The van der Waals surface area contributed by atoms with Gasteiger partial charge in [0, 0.05) is 6.54 Å². The van der Waals surface area contributed by atoms with Crippen molar-refractivity contribution in [1.82, 2.24) is 15.1 Å². The van der Waals surface area contributed by atoms with Crippen molar-refractivity contribution in [2.75, 3.05) is 27.2 Å². The number of carbonyl (C=O) groups excluding carboxylic acids is 1. The Bertz CT molecular complexity index is 304. The van der Waals surface area contributed by atoms with Crippen LogP contribution in [0.4, 0.5) is 0 Å². The number of carbonyl (C=O) groups is 1. The smallest absolute Gasteiger partial charge is 0.241 e. The largest absolute Gasteiger partial charge is 0.326 e. The fourth-order valence-corrected chi connectivity index (χ4v) is 2.82. The molecular weight excluding hydrogens is 250 g/mol. The van der Waals surface area contributed by atoms with Gasteiger partial charge in [-0.3, -0.25) is 10.1 Å². The normalized spacial score (nSPS) is 25.0. The maximum absolute atomic E-state index is 12.6. The van der Waals surface area contributed by atoms with Crippen molar-refractivity contribution in [3.05, 3.63) is 0 Å². The predicted octanol–water partition coefficient (Wildman–Crippen LogP) is 2.16. The van der Waals surface area contributed by atoms with Crippen molar-refractivity contribution >= 4 is 5.91 Å². The van der Waals surface area contributed by atoms with Gasteiger partial charge in [-0.05, 0) is 45.3 Å². The molecule has 1 aliphatic rings. The van der Waals surface area contributed by atoms with Gasteiger partial charge in [0.25, 0.3) is 0 Å². The van der Waals surface area contributed by atoms with Crippen molar-refractivity contribution in [3.63, 3.8) is 0 Å². The highest BCUT2D eigenvalue weighted by molar-refractivity contribution is 5.84. The molecule has 4 nitrogen and oxygen atoms in total. The minimum absolute atomic E-state index is 0.0150. The van der Waals surface area contributed by atoms with Gasteiger partial charge in [-0.1, -0.05) is 34.1 Å². The number of nitrogens with zero attached hydrogens (tertiary/aromatic N) is 2. The molecule has 0 saturated carbocycles. The van der Waals surface area contributed by atoms with Crippen molar-refractivity contribution < 1.29 is 4.79 Å². The third kappa shape index (κ3) is 4.45. The minimum atomic E-state index is 0.0150. The molecule has 1 amide bonds. The van der Waals surface area contributed by atoms with Gasteiger partial charge in [-0.2, -0.15) is 0 Å². The van der Waals surface area contributed by atoms with Crippen LogP contribution in [0.1, 0.15) is 47.0 Å². The van der Waals surface area contributed by atoms with E-state index in [0.29, 0.717) is 17.7 Å². The maximum atomic E-state index is 12.6. The Kier molecular flexibility index (Phi) is 6.96. The average Bonchev–Trinajstić information content (AvgIpc) is 2.71. The van der Waals surface area contributed by atoms with Crippen molar-refractivity contribution in [3.8, 4) is 0 Å². The number of unbranched alkanes of at least 4 members (excludes halogenated alkanes) is 1. The second kappa shape index (κ2) is 7.99. The molecule has 0 aromatic heterocycles. The summed E-state index contributed by atoms with van der Waals surface area (Å²) in [5.41, 5.74) is 0. The summed E-state index contributed by atoms with van der Waals surface area (Å²) in [6.07, 6.45) is 3.49. The zero-order valence-electron chi connectivity index (χ0n) is 14.1. The molecule has 0 aromatic carbocycles. The van der Waals surface area contributed by atoms with Gasteiger partial charge in [0.15, 0.2) is 0 Å². The van der Waals surface area contributed by atoms with Gasteiger partial charge in [0.05, 0.1) is 12.2 Å². The highest BCUT2D eigenvalue weighted by atomic mass is 16.2. The van der Waals surface area contributed by atoms with E-state index in [1.54, 1.807) is 0 Å². The molecule has 1 fully saturated rings. The van der Waals surface area contributed by atoms with Gasteiger partial charge in [0.1, 0.15) is 0 Å². The van der Waals surface area contributed by atoms with Crippen LogP contribution in [0.15, 0.2) is 0 Å². The van der Waals surface area contributed by atoms with Crippen molar-refractivity contribution in [2.45, 2.75) is 59.2 Å². The number of hydrogen-bond acceptors (Lipinski definition) is 3. The molecule has 0 radical (unpaired) electrons. The first-order valence-corrected chi connectivity index (χ1v) is 8.09. The molecule has 0 aliphatic carbocycles. The molecule has 20 heavy (non-hydrogen) atoms. The van der Waals surface area contributed by atoms with Gasteiger partial charge in [0.2, 0.25) is 5.91 Å². The molecule has 0 bridgehead atoms. The average molecular weight is 283 g/mol. The summed E-state index contributed by atoms with van der Waals surface area (Å²) in [4.78, 5) is 16.9. The van der Waals surface area contributed by atoms with Crippen LogP contribution in [0.2, 0.25) is 0 Å². The van der Waals surface area contributed by atoms with Crippen LogP contribution in [0.25, 0.3) is 0 Å². The number of hydrogen-bond donors (Lipinski definition) is 1. The van der Waals surface area contributed by atoms with Crippen LogP contribution in [-0.2, 0) is 4.79 Å². The lowest BCUT2D eigenvalue weighted by Gasteiger charge is -2.27. The highest BCUT2D eigenvalue weighted by Crippen LogP contribution is 2.23. The molecule has 1 rings (SSSR count). The van der Waals surface area contributed by atoms with Crippen LogP contribution < -0.4 is 5.32 Å². The molecule has 1 aliphatic heterocycles. The van der Waals surface area contributed by atoms with E-state index in [1.807, 2.05) is 0 Å². The molecule has 3 unspecified atom stereocenters. The lowest BCUT2D eigenvalue weighted by atomic mass is 9.99. The Balaban J connectivity index is 2.58. The Morgan fingerprint density at radius 2 is 1.90 bits per heavy atom. The SMILES string of the molecule is CCC(C)C1NC(C(C)C)N(CCCCN(C)C)C1=O. The second-order valence-electron chi connectivity index (χ2n) is 6.76. The summed E-state index contributed by atoms with van der Waals surface area (Å²) in [6, 6.07) is 0.0150. The molecule has 0 aromatic rings. The Morgan fingerprint density at radius 3 is 2.40 bits per heavy atom. The van der Waals surface area contributed by atoms with Crippen LogP contribution in [-0.4, -0.2) is 55.1 Å². The van der Waals surface area contributed by atoms with E-state index >= 15 is 0 Å². The molecule has 1 heterocycles. The Morgan fingerprint density at radius 1 is 1.25 bits per heavy atom. The maximum Gasteiger partial charge on any atom is 0.241 e. The summed E-state index contributed by atoms with van der Waals surface area (Å²) in [5.74, 6) is 1.18. The molecule has 118 valence electrons. The van der Waals surface area contributed by atoms with E-state index in [9.17, 15) is 4.79 Å². The molecular formula is C16H33N3O. The Labute approximate surface area is 124 Å². The summed E-state index contributed by atoms with van der Waals surface area (Å²) in [7, 11) is 4.19. The highest BCUT2D eigenvalue weighted by Gasteiger charge is 2.41. The molecule has 0 spiro atoms. The standard InChI is InChI=1S/C16H33N3O/c1-7-13(4)14-16(20)19(15(17-14)12(2)3)11-9-8-10-18(5)6/h12-15,17H,7-11H2,1-6H3. The summed E-state index contributed by atoms with van der Waals surface area (Å²) in [6.45, 7) is 10.7. The second-order valence-corrected chi connectivity index (χ2v) is 6.76. The van der Waals surface area contributed by atoms with E-state index in [1.165, 1.54) is 0 Å². The van der Waals surface area contributed by atoms with Crippen LogP contribution in [0, 0.1) is 11.8 Å². The van der Waals surface area contributed by atoms with Gasteiger partial charge in [-0.15, -0.1) is 0 Å². The first kappa shape index (κ1) is 17.4. The van der Waals surface area contributed by atoms with E-state index in [2.05, 4.69) is 56.9 Å². The fraction of sp³-hybridized carbons (Fsp3) is 0.938. The monoisotopic (exact) mass is 283 g/mol. The molecule has 1 saturated heterocycles. The van der Waals surface area contributed by atoms with Gasteiger partial charge < -0.3 is 9.80 Å². The zero-order chi connectivity index (χ0) is 15.3. The van der Waals surface area contributed by atoms with Crippen molar-refractivity contribution in [2.24, 2.45) is 11.8 Å². The topological polar surface area (TPSA) is 35.6 Å². The number of amides is 1. The van der Waals surface area contributed by atoms with Crippen LogP contribution in [0.3, 0.4) is 0 Å². The summed E-state index contributed by atoms with van der Waals surface area (Å²) >= 11 is 0. The lowest BCUT2D eigenvalue weighted by Crippen LogP contribution is -2.42. The quantitative estimate of drug-likeness (QED) is 0.693. The summed E-state index contributed by atoms with van der Waals surface area (Å²) < 4.78 is 0. The first-order valence-electron chi connectivity index (χ1n) is 8.09. The zero-order valence-corrected chi connectivity index (χ0v) is 14.1. The van der Waals surface area contributed by atoms with Gasteiger partial charge >= 0.3 is 0 Å². The number of rotatable bonds is 8. The summed E-state index contributed by atoms with van der Waals surface area (Å²) in [5, 5.41) is 3.56. The van der Waals surface area contributed by atoms with Crippen LogP contribution >= 0.6 is 0 Å². The predicted molar refractivity (Wildman–Crippen MR) is 84.5 cm³/mol. The van der Waals surface area contributed by atoms with E-state index < -0.39 is 0 Å². The van der Waals surface area contributed by atoms with Crippen molar-refractivity contribution in [1.29, 1.82) is 0 Å². The van der Waals surface area contributed by atoms with Crippen LogP contribution in [0.5, 0.6) is 0 Å². The third-order valence-corrected chi connectivity index (χ3v) is 4.33. The fourth-order valence-electron chi connectivity index (χ4n) is 2.82. The Hall–Kier alpha value is -0.610. The lowest BCUT2D eigenvalue weighted by molar-refractivity contribution is -0.131. The van der Waals surface area contributed by atoms with E-state index in [0.717, 1.165) is 32.4 Å². The molecule has 3 atom stereocenters. The molecule has 1 N–H and O–H groups in total. The van der Waals surface area contributed by atoms with Gasteiger partial charge in [-0.25, -0.2) is 0 Å². The van der Waals surface area contributed by atoms with E-state index in [-0.39, 0.29) is 12.2 Å². The third-order valence-electron chi connectivity index (χ3n) is 4.33. The minimum Gasteiger partial charge on any atom is -0.326 e. The first-order chi connectivity index (χ1) is 9.38. The number of nitrogens with one attached hydrogen (secondary N) is 1. The van der Waals surface area contributed by atoms with E-state index in [4.69, 9.17) is 0 Å².